The molecule has 0 spiro atoms. The Hall–Kier alpha value is -1.68. The zero-order valence-corrected chi connectivity index (χ0v) is 11.2. The van der Waals surface area contributed by atoms with E-state index in [-0.39, 0.29) is 0 Å². The summed E-state index contributed by atoms with van der Waals surface area (Å²) in [6.07, 6.45) is 10.2. The van der Waals surface area contributed by atoms with Gasteiger partial charge in [0.2, 0.25) is 0 Å². The smallest absolute Gasteiger partial charge is 0.0489 e. The molecule has 0 aromatic carbocycles. The van der Waals surface area contributed by atoms with Crippen LogP contribution < -0.4 is 0 Å². The zero-order chi connectivity index (χ0) is 12.9. The van der Waals surface area contributed by atoms with Gasteiger partial charge in [-0.25, -0.2) is 0 Å². The molecular formula is C15H20N4. The summed E-state index contributed by atoms with van der Waals surface area (Å²) in [5, 5.41) is 4.29. The van der Waals surface area contributed by atoms with Crippen LogP contribution in [0, 0.1) is 5.92 Å². The predicted octanol–water partition coefficient (Wildman–Crippen LogP) is 2.19. The number of likely N-dealkylation sites (tertiary alicyclic amines) is 1. The fraction of sp³-hybridized carbons (Fsp3) is 0.467. The van der Waals surface area contributed by atoms with Gasteiger partial charge in [-0.05, 0) is 49.5 Å². The van der Waals surface area contributed by atoms with Gasteiger partial charge < -0.3 is 0 Å². The normalized spacial score (nSPS) is 17.7. The van der Waals surface area contributed by atoms with Gasteiger partial charge in [0.05, 0.1) is 0 Å². The first-order valence-electron chi connectivity index (χ1n) is 6.99. The van der Waals surface area contributed by atoms with Crippen LogP contribution in [0.3, 0.4) is 0 Å². The maximum absolute atomic E-state index is 4.29. The van der Waals surface area contributed by atoms with Gasteiger partial charge in [-0.3, -0.25) is 14.6 Å². The maximum Gasteiger partial charge on any atom is 0.0489 e. The second-order valence-electron chi connectivity index (χ2n) is 5.31. The minimum Gasteiger partial charge on any atom is -0.299 e. The van der Waals surface area contributed by atoms with Gasteiger partial charge in [0.25, 0.3) is 0 Å². The Kier molecular flexibility index (Phi) is 3.89. The van der Waals surface area contributed by atoms with Crippen molar-refractivity contribution in [2.24, 2.45) is 5.92 Å². The Balaban J connectivity index is 1.47. The molecule has 19 heavy (non-hydrogen) atoms. The van der Waals surface area contributed by atoms with Crippen LogP contribution in [-0.4, -0.2) is 32.8 Å². The van der Waals surface area contributed by atoms with Crippen molar-refractivity contribution < 1.29 is 0 Å². The minimum atomic E-state index is 0.769. The van der Waals surface area contributed by atoms with Gasteiger partial charge >= 0.3 is 0 Å². The molecule has 0 bridgehead atoms. The zero-order valence-electron chi connectivity index (χ0n) is 11.2. The minimum absolute atomic E-state index is 0.769. The topological polar surface area (TPSA) is 34.0 Å². The lowest BCUT2D eigenvalue weighted by Gasteiger charge is -2.31. The third kappa shape index (κ3) is 3.41. The van der Waals surface area contributed by atoms with Crippen LogP contribution in [0.25, 0.3) is 0 Å². The van der Waals surface area contributed by atoms with Crippen molar-refractivity contribution in [1.82, 2.24) is 19.7 Å². The molecule has 1 aliphatic rings. The van der Waals surface area contributed by atoms with Crippen molar-refractivity contribution >= 4 is 0 Å². The van der Waals surface area contributed by atoms with Gasteiger partial charge in [-0.1, -0.05) is 6.07 Å². The van der Waals surface area contributed by atoms with E-state index in [1.165, 1.54) is 31.5 Å². The van der Waals surface area contributed by atoms with Gasteiger partial charge in [0.15, 0.2) is 0 Å². The van der Waals surface area contributed by atoms with Gasteiger partial charge in [-0.2, -0.15) is 5.10 Å². The summed E-state index contributed by atoms with van der Waals surface area (Å²) in [6, 6.07) is 6.17. The molecule has 2 aromatic rings. The fourth-order valence-electron chi connectivity index (χ4n) is 2.75. The maximum atomic E-state index is 4.29. The Morgan fingerprint density at radius 2 is 2.05 bits per heavy atom. The van der Waals surface area contributed by atoms with Crippen LogP contribution in [0.1, 0.15) is 18.4 Å². The van der Waals surface area contributed by atoms with Crippen molar-refractivity contribution in [3.63, 3.8) is 0 Å². The number of pyridine rings is 1. The van der Waals surface area contributed by atoms with E-state index in [2.05, 4.69) is 31.9 Å². The number of hydrogen-bond acceptors (Lipinski definition) is 3. The third-order valence-corrected chi connectivity index (χ3v) is 3.84. The molecule has 4 nitrogen and oxygen atoms in total. The van der Waals surface area contributed by atoms with Crippen LogP contribution in [0.5, 0.6) is 0 Å². The van der Waals surface area contributed by atoms with E-state index in [0.717, 1.165) is 19.0 Å². The van der Waals surface area contributed by atoms with Crippen LogP contribution in [0.4, 0.5) is 0 Å². The first-order chi connectivity index (χ1) is 9.40. The lowest BCUT2D eigenvalue weighted by Crippen LogP contribution is -2.34. The highest BCUT2D eigenvalue weighted by Gasteiger charge is 2.19. The molecule has 1 aliphatic heterocycles. The lowest BCUT2D eigenvalue weighted by molar-refractivity contribution is 0.164. The highest BCUT2D eigenvalue weighted by molar-refractivity contribution is 5.08. The summed E-state index contributed by atoms with van der Waals surface area (Å²) in [7, 11) is 0. The van der Waals surface area contributed by atoms with Crippen LogP contribution >= 0.6 is 0 Å². The number of aromatic nitrogens is 3. The molecule has 2 aromatic heterocycles. The number of rotatable bonds is 4. The van der Waals surface area contributed by atoms with E-state index < -0.39 is 0 Å². The molecule has 4 heteroatoms. The number of piperidine rings is 1. The molecule has 3 heterocycles. The molecule has 0 saturated carbocycles. The summed E-state index contributed by atoms with van der Waals surface area (Å²) >= 11 is 0. The van der Waals surface area contributed by atoms with Crippen molar-refractivity contribution in [3.05, 3.63) is 48.5 Å². The molecule has 0 N–H and O–H groups in total. The van der Waals surface area contributed by atoms with E-state index in [9.17, 15) is 0 Å². The molecular weight excluding hydrogens is 236 g/mol. The average molecular weight is 256 g/mol. The Morgan fingerprint density at radius 3 is 2.74 bits per heavy atom. The monoisotopic (exact) mass is 256 g/mol. The number of nitrogens with zero attached hydrogens (tertiary/aromatic N) is 4. The molecule has 1 saturated heterocycles. The fourth-order valence-corrected chi connectivity index (χ4v) is 2.75. The van der Waals surface area contributed by atoms with Crippen LogP contribution in [-0.2, 0) is 13.1 Å². The standard InChI is InChI=1S/C15H20N4/c1-3-15(11-16-6-1)12-18-9-4-14(5-10-18)13-19-8-2-7-17-19/h1-3,6-8,11,14H,4-5,9-10,12-13H2. The SMILES string of the molecule is c1cncc(CN2CCC(Cn3cccn3)CC2)c1. The quantitative estimate of drug-likeness (QED) is 0.841. The molecule has 0 atom stereocenters. The first kappa shape index (κ1) is 12.4. The number of hydrogen-bond donors (Lipinski definition) is 0. The molecule has 1 fully saturated rings. The molecule has 100 valence electrons. The van der Waals surface area contributed by atoms with E-state index in [1.807, 2.05) is 30.7 Å². The predicted molar refractivity (Wildman–Crippen MR) is 74.5 cm³/mol. The van der Waals surface area contributed by atoms with Crippen molar-refractivity contribution in [2.45, 2.75) is 25.9 Å². The summed E-state index contributed by atoms with van der Waals surface area (Å²) in [4.78, 5) is 6.70. The van der Waals surface area contributed by atoms with E-state index >= 15 is 0 Å². The molecule has 0 aliphatic carbocycles. The van der Waals surface area contributed by atoms with Gasteiger partial charge in [0.1, 0.15) is 0 Å². The van der Waals surface area contributed by atoms with E-state index in [4.69, 9.17) is 0 Å². The van der Waals surface area contributed by atoms with Gasteiger partial charge in [0, 0.05) is 37.9 Å². The van der Waals surface area contributed by atoms with Crippen LogP contribution in [0.2, 0.25) is 0 Å². The molecule has 0 radical (unpaired) electrons. The largest absolute Gasteiger partial charge is 0.299 e. The van der Waals surface area contributed by atoms with E-state index in [1.54, 1.807) is 0 Å². The third-order valence-electron chi connectivity index (χ3n) is 3.84. The summed E-state index contributed by atoms with van der Waals surface area (Å²) < 4.78 is 2.06. The first-order valence-corrected chi connectivity index (χ1v) is 6.99. The van der Waals surface area contributed by atoms with Crippen molar-refractivity contribution in [3.8, 4) is 0 Å². The highest BCUT2D eigenvalue weighted by Crippen LogP contribution is 2.20. The lowest BCUT2D eigenvalue weighted by atomic mass is 9.96. The van der Waals surface area contributed by atoms with Gasteiger partial charge in [-0.15, -0.1) is 0 Å². The van der Waals surface area contributed by atoms with Crippen LogP contribution in [0.15, 0.2) is 43.0 Å². The average Bonchev–Trinajstić information content (AvgIpc) is 2.95. The molecule has 0 amide bonds. The highest BCUT2D eigenvalue weighted by atomic mass is 15.3. The van der Waals surface area contributed by atoms with E-state index in [0.29, 0.717) is 0 Å². The summed E-state index contributed by atoms with van der Waals surface area (Å²) in [6.45, 7) is 4.46. The molecule has 3 rings (SSSR count). The molecule has 0 unspecified atom stereocenters. The second-order valence-corrected chi connectivity index (χ2v) is 5.31. The summed E-state index contributed by atoms with van der Waals surface area (Å²) in [5.41, 5.74) is 1.31. The Labute approximate surface area is 114 Å². The van der Waals surface area contributed by atoms with Crippen molar-refractivity contribution in [1.29, 1.82) is 0 Å². The summed E-state index contributed by atoms with van der Waals surface area (Å²) in [5.74, 6) is 0.769. The van der Waals surface area contributed by atoms with Crippen molar-refractivity contribution in [2.75, 3.05) is 13.1 Å². The Bertz CT molecular complexity index is 472. The Morgan fingerprint density at radius 1 is 1.16 bits per heavy atom. The second kappa shape index (κ2) is 5.97.